The number of hydrogen-bond donors (Lipinski definition) is 2. The molecule has 1 aromatic heterocycles. The van der Waals surface area contributed by atoms with Crippen LogP contribution in [0.5, 0.6) is 11.5 Å². The first-order valence-electron chi connectivity index (χ1n) is 7.34. The fourth-order valence-corrected chi connectivity index (χ4v) is 2.05. The second-order valence-electron chi connectivity index (χ2n) is 4.88. The summed E-state index contributed by atoms with van der Waals surface area (Å²) in [6.45, 7) is 1.01. The van der Waals surface area contributed by atoms with E-state index < -0.39 is 0 Å². The van der Waals surface area contributed by atoms with Crippen LogP contribution in [0, 0.1) is 0 Å². The molecule has 2 aromatic rings. The quantitative estimate of drug-likeness (QED) is 0.781. The molecule has 6 nitrogen and oxygen atoms in total. The third kappa shape index (κ3) is 5.18. The van der Waals surface area contributed by atoms with Crippen LogP contribution in [0.3, 0.4) is 0 Å². The number of anilines is 1. The van der Waals surface area contributed by atoms with E-state index >= 15 is 0 Å². The normalized spacial score (nSPS) is 10.0. The molecule has 0 unspecified atom stereocenters. The van der Waals surface area contributed by atoms with Crippen LogP contribution in [0.2, 0.25) is 0 Å². The van der Waals surface area contributed by atoms with Gasteiger partial charge in [0.05, 0.1) is 19.9 Å². The first-order valence-corrected chi connectivity index (χ1v) is 7.34. The number of nitrogens with zero attached hydrogens (tertiary/aromatic N) is 1. The maximum Gasteiger partial charge on any atom is 0.222 e. The van der Waals surface area contributed by atoms with Gasteiger partial charge in [-0.05, 0) is 29.8 Å². The SMILES string of the molecule is COc1ccc(OC)c(NCCC(=O)NCc2ccncc2)c1. The molecule has 23 heavy (non-hydrogen) atoms. The van der Waals surface area contributed by atoms with Crippen LogP contribution in [-0.2, 0) is 11.3 Å². The van der Waals surface area contributed by atoms with E-state index in [1.807, 2.05) is 30.3 Å². The molecule has 0 aliphatic heterocycles. The van der Waals surface area contributed by atoms with Crippen LogP contribution in [0.4, 0.5) is 5.69 Å². The first kappa shape index (κ1) is 16.6. The summed E-state index contributed by atoms with van der Waals surface area (Å²) < 4.78 is 10.5. The molecule has 0 saturated heterocycles. The Morgan fingerprint density at radius 1 is 1.13 bits per heavy atom. The number of hydrogen-bond acceptors (Lipinski definition) is 5. The Balaban J connectivity index is 1.79. The third-order valence-electron chi connectivity index (χ3n) is 3.31. The van der Waals surface area contributed by atoms with Crippen molar-refractivity contribution in [3.8, 4) is 11.5 Å². The topological polar surface area (TPSA) is 72.5 Å². The molecule has 0 fully saturated rings. The van der Waals surface area contributed by atoms with Gasteiger partial charge in [0.25, 0.3) is 0 Å². The summed E-state index contributed by atoms with van der Waals surface area (Å²) in [5, 5.41) is 6.07. The summed E-state index contributed by atoms with van der Waals surface area (Å²) in [5.74, 6) is 1.43. The summed E-state index contributed by atoms with van der Waals surface area (Å²) in [6.07, 6.45) is 3.78. The van der Waals surface area contributed by atoms with Gasteiger partial charge in [-0.2, -0.15) is 0 Å². The summed E-state index contributed by atoms with van der Waals surface area (Å²) in [4.78, 5) is 15.8. The van der Waals surface area contributed by atoms with E-state index in [9.17, 15) is 4.79 Å². The van der Waals surface area contributed by atoms with Crippen molar-refractivity contribution in [1.29, 1.82) is 0 Å². The van der Waals surface area contributed by atoms with Crippen LogP contribution < -0.4 is 20.1 Å². The van der Waals surface area contributed by atoms with Crippen molar-refractivity contribution in [3.05, 3.63) is 48.3 Å². The third-order valence-corrected chi connectivity index (χ3v) is 3.31. The van der Waals surface area contributed by atoms with Crippen LogP contribution in [0.15, 0.2) is 42.7 Å². The number of rotatable bonds is 8. The van der Waals surface area contributed by atoms with E-state index in [1.165, 1.54) is 0 Å². The highest BCUT2D eigenvalue weighted by Gasteiger charge is 2.06. The van der Waals surface area contributed by atoms with E-state index in [-0.39, 0.29) is 5.91 Å². The second-order valence-corrected chi connectivity index (χ2v) is 4.88. The predicted octanol–water partition coefficient (Wildman–Crippen LogP) is 2.22. The minimum absolute atomic E-state index is 0.0174. The van der Waals surface area contributed by atoms with E-state index in [1.54, 1.807) is 26.6 Å². The Bertz CT molecular complexity index is 632. The van der Waals surface area contributed by atoms with Crippen molar-refractivity contribution in [1.82, 2.24) is 10.3 Å². The van der Waals surface area contributed by atoms with Gasteiger partial charge in [-0.1, -0.05) is 0 Å². The molecule has 1 aromatic carbocycles. The molecule has 0 atom stereocenters. The van der Waals surface area contributed by atoms with Crippen molar-refractivity contribution in [3.63, 3.8) is 0 Å². The van der Waals surface area contributed by atoms with Crippen LogP contribution >= 0.6 is 0 Å². The Morgan fingerprint density at radius 2 is 1.91 bits per heavy atom. The summed E-state index contributed by atoms with van der Waals surface area (Å²) >= 11 is 0. The monoisotopic (exact) mass is 315 g/mol. The highest BCUT2D eigenvalue weighted by molar-refractivity contribution is 5.76. The molecule has 0 bridgehead atoms. The smallest absolute Gasteiger partial charge is 0.222 e. The second kappa shape index (κ2) is 8.63. The zero-order valence-corrected chi connectivity index (χ0v) is 13.3. The fraction of sp³-hybridized carbons (Fsp3) is 0.294. The molecule has 6 heteroatoms. The highest BCUT2D eigenvalue weighted by atomic mass is 16.5. The molecule has 0 saturated carbocycles. The molecule has 0 radical (unpaired) electrons. The summed E-state index contributed by atoms with van der Waals surface area (Å²) in [6, 6.07) is 9.24. The van der Waals surface area contributed by atoms with Gasteiger partial charge in [0.15, 0.2) is 0 Å². The lowest BCUT2D eigenvalue weighted by atomic mass is 10.2. The number of carbonyl (C=O) groups is 1. The van der Waals surface area contributed by atoms with Gasteiger partial charge >= 0.3 is 0 Å². The maximum absolute atomic E-state index is 11.9. The predicted molar refractivity (Wildman–Crippen MR) is 88.7 cm³/mol. The molecule has 122 valence electrons. The van der Waals surface area contributed by atoms with E-state index in [4.69, 9.17) is 9.47 Å². The minimum Gasteiger partial charge on any atom is -0.497 e. The Hall–Kier alpha value is -2.76. The zero-order chi connectivity index (χ0) is 16.5. The number of amides is 1. The van der Waals surface area contributed by atoms with Gasteiger partial charge < -0.3 is 20.1 Å². The summed E-state index contributed by atoms with van der Waals surface area (Å²) in [7, 11) is 3.21. The molecular weight excluding hydrogens is 294 g/mol. The lowest BCUT2D eigenvalue weighted by molar-refractivity contribution is -0.121. The Kier molecular flexibility index (Phi) is 6.23. The minimum atomic E-state index is -0.0174. The first-order chi connectivity index (χ1) is 11.2. The largest absolute Gasteiger partial charge is 0.497 e. The van der Waals surface area contributed by atoms with Gasteiger partial charge in [-0.15, -0.1) is 0 Å². The number of methoxy groups -OCH3 is 2. The number of aromatic nitrogens is 1. The van der Waals surface area contributed by atoms with Crippen LogP contribution in [0.1, 0.15) is 12.0 Å². The number of benzene rings is 1. The van der Waals surface area contributed by atoms with Crippen molar-refractivity contribution in [2.24, 2.45) is 0 Å². The number of nitrogens with one attached hydrogen (secondary N) is 2. The lowest BCUT2D eigenvalue weighted by Gasteiger charge is -2.12. The van der Waals surface area contributed by atoms with Gasteiger partial charge in [0.2, 0.25) is 5.91 Å². The molecule has 2 N–H and O–H groups in total. The number of carbonyl (C=O) groups excluding carboxylic acids is 1. The molecule has 1 heterocycles. The molecule has 1 amide bonds. The van der Waals surface area contributed by atoms with Crippen molar-refractivity contribution in [2.75, 3.05) is 26.1 Å². The molecule has 0 aliphatic rings. The summed E-state index contributed by atoms with van der Waals surface area (Å²) in [5.41, 5.74) is 1.82. The molecule has 0 spiro atoms. The average molecular weight is 315 g/mol. The van der Waals surface area contributed by atoms with Gasteiger partial charge in [0.1, 0.15) is 11.5 Å². The average Bonchev–Trinajstić information content (AvgIpc) is 2.60. The highest BCUT2D eigenvalue weighted by Crippen LogP contribution is 2.28. The standard InChI is InChI=1S/C17H21N3O3/c1-22-14-3-4-16(23-2)15(11-14)19-10-7-17(21)20-12-13-5-8-18-9-6-13/h3-6,8-9,11,19H,7,10,12H2,1-2H3,(H,20,21). The van der Waals surface area contributed by atoms with E-state index in [2.05, 4.69) is 15.6 Å². The molecule has 2 rings (SSSR count). The van der Waals surface area contributed by atoms with Crippen molar-refractivity contribution < 1.29 is 14.3 Å². The zero-order valence-electron chi connectivity index (χ0n) is 13.3. The number of ether oxygens (including phenoxy) is 2. The van der Waals surface area contributed by atoms with Crippen molar-refractivity contribution in [2.45, 2.75) is 13.0 Å². The van der Waals surface area contributed by atoms with Crippen LogP contribution in [0.25, 0.3) is 0 Å². The Labute approximate surface area is 135 Å². The van der Waals surface area contributed by atoms with Crippen LogP contribution in [-0.4, -0.2) is 31.7 Å². The van der Waals surface area contributed by atoms with E-state index in [0.29, 0.717) is 25.3 Å². The van der Waals surface area contributed by atoms with E-state index in [0.717, 1.165) is 17.0 Å². The van der Waals surface area contributed by atoms with Crippen molar-refractivity contribution >= 4 is 11.6 Å². The van der Waals surface area contributed by atoms with Gasteiger partial charge in [-0.3, -0.25) is 9.78 Å². The fourth-order valence-electron chi connectivity index (χ4n) is 2.05. The number of pyridine rings is 1. The molecule has 0 aliphatic carbocycles. The molecular formula is C17H21N3O3. The van der Waals surface area contributed by atoms with Gasteiger partial charge in [0, 0.05) is 38.0 Å². The lowest BCUT2D eigenvalue weighted by Crippen LogP contribution is -2.24. The van der Waals surface area contributed by atoms with Gasteiger partial charge in [-0.25, -0.2) is 0 Å². The maximum atomic E-state index is 11.9. The Morgan fingerprint density at radius 3 is 2.61 bits per heavy atom.